The van der Waals surface area contributed by atoms with Gasteiger partial charge < -0.3 is 5.73 Å². The van der Waals surface area contributed by atoms with Crippen molar-refractivity contribution < 1.29 is 0 Å². The molecule has 0 saturated carbocycles. The largest absolute Gasteiger partial charge is 0.386 e. The molecular formula is C8H19N3. The Labute approximate surface area is 69.1 Å². The van der Waals surface area contributed by atoms with Crippen LogP contribution in [0.5, 0.6) is 0 Å². The van der Waals surface area contributed by atoms with Crippen molar-refractivity contribution in [3.63, 3.8) is 0 Å². The monoisotopic (exact) mass is 157 g/mol. The van der Waals surface area contributed by atoms with Crippen LogP contribution in [0.2, 0.25) is 0 Å². The smallest absolute Gasteiger partial charge is 0.108 e. The lowest BCUT2D eigenvalue weighted by Crippen LogP contribution is -2.40. The second-order valence-corrected chi connectivity index (χ2v) is 2.97. The molecule has 0 fully saturated rings. The summed E-state index contributed by atoms with van der Waals surface area (Å²) in [6.45, 7) is 5.14. The standard InChI is InChI=1S/C8H19N3/c1-4-5-6-11(3)7(2)8(9)10/h7H,4-6H2,1-3H3,(H3,9,10). The molecule has 0 aromatic rings. The van der Waals surface area contributed by atoms with Crippen LogP contribution >= 0.6 is 0 Å². The van der Waals surface area contributed by atoms with Gasteiger partial charge in [-0.2, -0.15) is 0 Å². The molecule has 0 amide bonds. The van der Waals surface area contributed by atoms with Crippen LogP contribution in [-0.2, 0) is 0 Å². The topological polar surface area (TPSA) is 53.1 Å². The fraction of sp³-hybridized carbons (Fsp3) is 0.875. The summed E-state index contributed by atoms with van der Waals surface area (Å²) >= 11 is 0. The number of nitrogens with two attached hydrogens (primary N) is 1. The summed E-state index contributed by atoms with van der Waals surface area (Å²) in [5.74, 6) is 0.253. The lowest BCUT2D eigenvalue weighted by atomic mass is 10.2. The van der Waals surface area contributed by atoms with Crippen LogP contribution in [0.4, 0.5) is 0 Å². The highest BCUT2D eigenvalue weighted by Crippen LogP contribution is 1.97. The molecule has 1 unspecified atom stereocenters. The van der Waals surface area contributed by atoms with E-state index in [4.69, 9.17) is 11.1 Å². The zero-order valence-electron chi connectivity index (χ0n) is 7.72. The van der Waals surface area contributed by atoms with Crippen LogP contribution < -0.4 is 5.73 Å². The van der Waals surface area contributed by atoms with Crippen LogP contribution in [0.25, 0.3) is 0 Å². The van der Waals surface area contributed by atoms with Gasteiger partial charge in [-0.1, -0.05) is 13.3 Å². The maximum absolute atomic E-state index is 7.20. The van der Waals surface area contributed by atoms with Crippen LogP contribution in [0, 0.1) is 5.41 Å². The van der Waals surface area contributed by atoms with E-state index in [-0.39, 0.29) is 11.9 Å². The van der Waals surface area contributed by atoms with E-state index in [1.54, 1.807) is 0 Å². The molecule has 0 saturated heterocycles. The van der Waals surface area contributed by atoms with Crippen molar-refractivity contribution in [1.29, 1.82) is 5.41 Å². The highest BCUT2D eigenvalue weighted by Gasteiger charge is 2.09. The Hall–Kier alpha value is -0.570. The van der Waals surface area contributed by atoms with E-state index in [0.717, 1.165) is 6.54 Å². The number of rotatable bonds is 5. The van der Waals surface area contributed by atoms with Gasteiger partial charge in [0, 0.05) is 0 Å². The molecule has 0 aromatic carbocycles. The average molecular weight is 157 g/mol. The quantitative estimate of drug-likeness (QED) is 0.463. The van der Waals surface area contributed by atoms with E-state index >= 15 is 0 Å². The summed E-state index contributed by atoms with van der Waals surface area (Å²) in [7, 11) is 2.00. The third kappa shape index (κ3) is 3.98. The van der Waals surface area contributed by atoms with Crippen molar-refractivity contribution in [2.45, 2.75) is 32.7 Å². The van der Waals surface area contributed by atoms with Crippen LogP contribution in [-0.4, -0.2) is 30.4 Å². The summed E-state index contributed by atoms with van der Waals surface area (Å²) in [6, 6.07) is 0.0848. The molecule has 0 aromatic heterocycles. The lowest BCUT2D eigenvalue weighted by molar-refractivity contribution is 0.304. The van der Waals surface area contributed by atoms with Gasteiger partial charge in [0.25, 0.3) is 0 Å². The molecule has 3 N–H and O–H groups in total. The SMILES string of the molecule is CCCCN(C)C(C)C(=N)N. The number of likely N-dealkylation sites (N-methyl/N-ethyl adjacent to an activating group) is 1. The molecule has 3 nitrogen and oxygen atoms in total. The second-order valence-electron chi connectivity index (χ2n) is 2.97. The minimum Gasteiger partial charge on any atom is -0.386 e. The van der Waals surface area contributed by atoms with Gasteiger partial charge in [-0.05, 0) is 26.9 Å². The van der Waals surface area contributed by atoms with Gasteiger partial charge in [0.05, 0.1) is 6.04 Å². The van der Waals surface area contributed by atoms with Crippen molar-refractivity contribution in [2.24, 2.45) is 5.73 Å². The molecule has 0 bridgehead atoms. The second kappa shape index (κ2) is 5.13. The number of unbranched alkanes of at least 4 members (excludes halogenated alkanes) is 1. The van der Waals surface area contributed by atoms with E-state index in [0.29, 0.717) is 0 Å². The van der Waals surface area contributed by atoms with Gasteiger partial charge in [0.15, 0.2) is 0 Å². The van der Waals surface area contributed by atoms with Gasteiger partial charge in [-0.15, -0.1) is 0 Å². The first-order valence-corrected chi connectivity index (χ1v) is 4.13. The van der Waals surface area contributed by atoms with Gasteiger partial charge in [0.2, 0.25) is 0 Å². The van der Waals surface area contributed by atoms with Gasteiger partial charge in [0.1, 0.15) is 5.84 Å². The molecular weight excluding hydrogens is 138 g/mol. The van der Waals surface area contributed by atoms with Crippen molar-refractivity contribution in [3.05, 3.63) is 0 Å². The first-order valence-electron chi connectivity index (χ1n) is 4.13. The van der Waals surface area contributed by atoms with Crippen molar-refractivity contribution >= 4 is 5.84 Å². The molecule has 0 aliphatic heterocycles. The molecule has 66 valence electrons. The van der Waals surface area contributed by atoms with Crippen molar-refractivity contribution in [2.75, 3.05) is 13.6 Å². The van der Waals surface area contributed by atoms with E-state index in [1.807, 2.05) is 14.0 Å². The van der Waals surface area contributed by atoms with E-state index in [9.17, 15) is 0 Å². The predicted octanol–water partition coefficient (Wildman–Crippen LogP) is 1.04. The molecule has 3 heteroatoms. The summed E-state index contributed by atoms with van der Waals surface area (Å²) in [5, 5.41) is 7.20. The van der Waals surface area contributed by atoms with E-state index < -0.39 is 0 Å². The third-order valence-electron chi connectivity index (χ3n) is 1.98. The third-order valence-corrected chi connectivity index (χ3v) is 1.98. The zero-order chi connectivity index (χ0) is 8.85. The maximum atomic E-state index is 7.20. The van der Waals surface area contributed by atoms with Gasteiger partial charge in [-0.25, -0.2) is 0 Å². The van der Waals surface area contributed by atoms with Crippen LogP contribution in [0.15, 0.2) is 0 Å². The Morgan fingerprint density at radius 1 is 1.64 bits per heavy atom. The predicted molar refractivity (Wildman–Crippen MR) is 48.9 cm³/mol. The Morgan fingerprint density at radius 3 is 2.55 bits per heavy atom. The summed E-state index contributed by atoms with van der Waals surface area (Å²) in [4.78, 5) is 2.10. The number of nitrogens with zero attached hydrogens (tertiary/aromatic N) is 1. The fourth-order valence-corrected chi connectivity index (χ4v) is 0.839. The van der Waals surface area contributed by atoms with Crippen molar-refractivity contribution in [3.8, 4) is 0 Å². The van der Waals surface area contributed by atoms with E-state index in [2.05, 4.69) is 11.8 Å². The molecule has 0 aliphatic rings. The molecule has 0 spiro atoms. The van der Waals surface area contributed by atoms with Gasteiger partial charge >= 0.3 is 0 Å². The molecule has 0 heterocycles. The Morgan fingerprint density at radius 2 is 2.18 bits per heavy atom. The molecule has 11 heavy (non-hydrogen) atoms. The maximum Gasteiger partial charge on any atom is 0.108 e. The zero-order valence-corrected chi connectivity index (χ0v) is 7.72. The lowest BCUT2D eigenvalue weighted by Gasteiger charge is -2.22. The van der Waals surface area contributed by atoms with Crippen molar-refractivity contribution in [1.82, 2.24) is 4.90 Å². The number of hydrogen-bond donors (Lipinski definition) is 2. The number of hydrogen-bond acceptors (Lipinski definition) is 2. The normalized spacial score (nSPS) is 13.5. The number of nitrogens with one attached hydrogen (secondary N) is 1. The van der Waals surface area contributed by atoms with Crippen LogP contribution in [0.1, 0.15) is 26.7 Å². The molecule has 1 atom stereocenters. The minimum atomic E-state index is 0.0848. The first-order chi connectivity index (χ1) is 5.09. The minimum absolute atomic E-state index is 0.0848. The summed E-state index contributed by atoms with van der Waals surface area (Å²) in [5.41, 5.74) is 5.35. The fourth-order valence-electron chi connectivity index (χ4n) is 0.839. The Kier molecular flexibility index (Phi) is 4.86. The Bertz CT molecular complexity index is 123. The Balaban J connectivity index is 3.63. The first kappa shape index (κ1) is 10.4. The molecule has 0 radical (unpaired) electrons. The summed E-state index contributed by atoms with van der Waals surface area (Å²) < 4.78 is 0. The van der Waals surface area contributed by atoms with Gasteiger partial charge in [-0.3, -0.25) is 10.3 Å². The summed E-state index contributed by atoms with van der Waals surface area (Å²) in [6.07, 6.45) is 2.36. The molecule has 0 rings (SSSR count). The van der Waals surface area contributed by atoms with Crippen LogP contribution in [0.3, 0.4) is 0 Å². The highest BCUT2D eigenvalue weighted by molar-refractivity contribution is 5.82. The highest BCUT2D eigenvalue weighted by atomic mass is 15.1. The average Bonchev–Trinajstić information content (AvgIpc) is 1.98. The van der Waals surface area contributed by atoms with E-state index in [1.165, 1.54) is 12.8 Å². The number of amidine groups is 1. The molecule has 0 aliphatic carbocycles.